The lowest BCUT2D eigenvalue weighted by atomic mass is 10.1. The van der Waals surface area contributed by atoms with Crippen LogP contribution in [0.1, 0.15) is 5.56 Å². The highest BCUT2D eigenvalue weighted by Gasteiger charge is 2.08. The number of hydrogen-bond acceptors (Lipinski definition) is 2. The Morgan fingerprint density at radius 2 is 2.06 bits per heavy atom. The van der Waals surface area contributed by atoms with Gasteiger partial charge in [-0.3, -0.25) is 9.59 Å². The van der Waals surface area contributed by atoms with E-state index in [1.165, 1.54) is 17.0 Å². The number of carbonyl (C=O) groups is 2. The predicted octanol–water partition coefficient (Wildman–Crippen LogP) is 0.573. The number of benzene rings is 1. The van der Waals surface area contributed by atoms with Crippen LogP contribution in [0.15, 0.2) is 24.3 Å². The number of amides is 2. The fourth-order valence-corrected chi connectivity index (χ4v) is 1.23. The minimum Gasteiger partial charge on any atom is -0.347 e. The third-order valence-corrected chi connectivity index (χ3v) is 2.19. The van der Waals surface area contributed by atoms with E-state index in [9.17, 15) is 14.0 Å². The molecule has 0 saturated heterocycles. The SMILES string of the molecule is CN(C)C(=O)CNC(=O)Cc1cccc(F)c1. The smallest absolute Gasteiger partial charge is 0.241 e. The first-order valence-corrected chi connectivity index (χ1v) is 5.20. The van der Waals surface area contributed by atoms with Crippen LogP contribution < -0.4 is 5.32 Å². The van der Waals surface area contributed by atoms with Gasteiger partial charge in [0.15, 0.2) is 0 Å². The summed E-state index contributed by atoms with van der Waals surface area (Å²) in [5.41, 5.74) is 0.583. The van der Waals surface area contributed by atoms with Gasteiger partial charge in [-0.1, -0.05) is 12.1 Å². The van der Waals surface area contributed by atoms with Crippen LogP contribution in [0.2, 0.25) is 0 Å². The van der Waals surface area contributed by atoms with Crippen LogP contribution in [-0.4, -0.2) is 37.4 Å². The summed E-state index contributed by atoms with van der Waals surface area (Å²) >= 11 is 0. The fourth-order valence-electron chi connectivity index (χ4n) is 1.23. The molecule has 2 amide bonds. The van der Waals surface area contributed by atoms with Crippen molar-refractivity contribution in [2.45, 2.75) is 6.42 Å². The van der Waals surface area contributed by atoms with E-state index in [1.807, 2.05) is 0 Å². The van der Waals surface area contributed by atoms with Crippen molar-refractivity contribution < 1.29 is 14.0 Å². The molecule has 1 N–H and O–H groups in total. The maximum Gasteiger partial charge on any atom is 0.241 e. The van der Waals surface area contributed by atoms with E-state index in [2.05, 4.69) is 5.32 Å². The molecule has 0 bridgehead atoms. The Morgan fingerprint density at radius 3 is 2.65 bits per heavy atom. The molecule has 0 aliphatic rings. The summed E-state index contributed by atoms with van der Waals surface area (Å²) in [6.45, 7) is -0.0405. The highest BCUT2D eigenvalue weighted by molar-refractivity contribution is 5.85. The molecule has 0 aliphatic carbocycles. The van der Waals surface area contributed by atoms with Gasteiger partial charge in [0.2, 0.25) is 11.8 Å². The third-order valence-electron chi connectivity index (χ3n) is 2.19. The Bertz CT molecular complexity index is 419. The number of hydrogen-bond donors (Lipinski definition) is 1. The van der Waals surface area contributed by atoms with Gasteiger partial charge in [0.25, 0.3) is 0 Å². The summed E-state index contributed by atoms with van der Waals surface area (Å²) in [6, 6.07) is 5.82. The number of halogens is 1. The second kappa shape index (κ2) is 5.98. The molecule has 5 heteroatoms. The van der Waals surface area contributed by atoms with Crippen molar-refractivity contribution in [3.05, 3.63) is 35.6 Å². The van der Waals surface area contributed by atoms with E-state index in [0.29, 0.717) is 5.56 Å². The van der Waals surface area contributed by atoms with Gasteiger partial charge >= 0.3 is 0 Å². The van der Waals surface area contributed by atoms with Gasteiger partial charge in [-0.2, -0.15) is 0 Å². The van der Waals surface area contributed by atoms with Crippen molar-refractivity contribution in [1.82, 2.24) is 10.2 Å². The van der Waals surface area contributed by atoms with Gasteiger partial charge in [-0.15, -0.1) is 0 Å². The zero-order chi connectivity index (χ0) is 12.8. The Hall–Kier alpha value is -1.91. The van der Waals surface area contributed by atoms with E-state index in [0.717, 1.165) is 0 Å². The highest BCUT2D eigenvalue weighted by Crippen LogP contribution is 2.03. The van der Waals surface area contributed by atoms with E-state index in [1.54, 1.807) is 26.2 Å². The molecule has 0 spiro atoms. The number of carbonyl (C=O) groups excluding carboxylic acids is 2. The molecule has 0 radical (unpaired) electrons. The molecule has 0 heterocycles. The average Bonchev–Trinajstić information content (AvgIpc) is 2.25. The first-order chi connectivity index (χ1) is 7.99. The van der Waals surface area contributed by atoms with E-state index >= 15 is 0 Å². The average molecular weight is 238 g/mol. The van der Waals surface area contributed by atoms with Crippen LogP contribution in [0.25, 0.3) is 0 Å². The highest BCUT2D eigenvalue weighted by atomic mass is 19.1. The molecule has 0 fully saturated rings. The lowest BCUT2D eigenvalue weighted by Crippen LogP contribution is -2.36. The molecule has 1 rings (SSSR count). The van der Waals surface area contributed by atoms with E-state index in [-0.39, 0.29) is 30.6 Å². The quantitative estimate of drug-likeness (QED) is 0.833. The normalized spacial score (nSPS) is 9.82. The van der Waals surface area contributed by atoms with Crippen molar-refractivity contribution >= 4 is 11.8 Å². The van der Waals surface area contributed by atoms with Gasteiger partial charge in [-0.05, 0) is 17.7 Å². The molecule has 1 aromatic rings. The van der Waals surface area contributed by atoms with Gasteiger partial charge in [0.1, 0.15) is 5.82 Å². The molecule has 1 aromatic carbocycles. The topological polar surface area (TPSA) is 49.4 Å². The van der Waals surface area contributed by atoms with E-state index in [4.69, 9.17) is 0 Å². The minimum absolute atomic E-state index is 0.0405. The molecule has 0 unspecified atom stereocenters. The first-order valence-electron chi connectivity index (χ1n) is 5.20. The minimum atomic E-state index is -0.375. The molecular formula is C12H15FN2O2. The van der Waals surface area contributed by atoms with Gasteiger partial charge in [0.05, 0.1) is 13.0 Å². The van der Waals surface area contributed by atoms with Crippen molar-refractivity contribution in [2.75, 3.05) is 20.6 Å². The monoisotopic (exact) mass is 238 g/mol. The molecule has 0 saturated carbocycles. The molecule has 92 valence electrons. The summed E-state index contributed by atoms with van der Waals surface area (Å²) in [7, 11) is 3.22. The largest absolute Gasteiger partial charge is 0.347 e. The lowest BCUT2D eigenvalue weighted by molar-refractivity contribution is -0.130. The van der Waals surface area contributed by atoms with Crippen molar-refractivity contribution in [3.63, 3.8) is 0 Å². The molecular weight excluding hydrogens is 223 g/mol. The Labute approximate surface area is 99.4 Å². The van der Waals surface area contributed by atoms with Gasteiger partial charge in [0, 0.05) is 14.1 Å². The summed E-state index contributed by atoms with van der Waals surface area (Å²) in [5.74, 6) is -0.858. The van der Waals surface area contributed by atoms with E-state index < -0.39 is 0 Å². The van der Waals surface area contributed by atoms with Crippen LogP contribution in [0.3, 0.4) is 0 Å². The summed E-state index contributed by atoms with van der Waals surface area (Å²) in [6.07, 6.45) is 0.0679. The molecule has 17 heavy (non-hydrogen) atoms. The molecule has 0 atom stereocenters. The first kappa shape index (κ1) is 13.2. The Morgan fingerprint density at radius 1 is 1.35 bits per heavy atom. The fraction of sp³-hybridized carbons (Fsp3) is 0.333. The molecule has 0 aromatic heterocycles. The van der Waals surface area contributed by atoms with Crippen LogP contribution >= 0.6 is 0 Å². The number of nitrogens with one attached hydrogen (secondary N) is 1. The Balaban J connectivity index is 2.43. The Kier molecular flexibility index (Phi) is 4.63. The second-order valence-corrected chi connectivity index (χ2v) is 3.87. The zero-order valence-electron chi connectivity index (χ0n) is 9.87. The number of nitrogens with zero attached hydrogens (tertiary/aromatic N) is 1. The summed E-state index contributed by atoms with van der Waals surface area (Å²) in [4.78, 5) is 24.0. The van der Waals surface area contributed by atoms with Crippen LogP contribution in [-0.2, 0) is 16.0 Å². The van der Waals surface area contributed by atoms with Crippen LogP contribution in [0, 0.1) is 5.82 Å². The van der Waals surface area contributed by atoms with Crippen molar-refractivity contribution in [1.29, 1.82) is 0 Å². The van der Waals surface area contributed by atoms with Gasteiger partial charge in [-0.25, -0.2) is 4.39 Å². The summed E-state index contributed by atoms with van der Waals surface area (Å²) in [5, 5.41) is 2.48. The summed E-state index contributed by atoms with van der Waals surface area (Å²) < 4.78 is 12.8. The standard InChI is InChI=1S/C12H15FN2O2/c1-15(2)12(17)8-14-11(16)7-9-4-3-5-10(13)6-9/h3-6H,7-8H2,1-2H3,(H,14,16). The number of likely N-dealkylation sites (N-methyl/N-ethyl adjacent to an activating group) is 1. The zero-order valence-corrected chi connectivity index (χ0v) is 9.87. The van der Waals surface area contributed by atoms with Gasteiger partial charge < -0.3 is 10.2 Å². The maximum absolute atomic E-state index is 12.8. The third kappa shape index (κ3) is 4.63. The molecule has 4 nitrogen and oxygen atoms in total. The maximum atomic E-state index is 12.8. The van der Waals surface area contributed by atoms with Crippen LogP contribution in [0.5, 0.6) is 0 Å². The van der Waals surface area contributed by atoms with Crippen molar-refractivity contribution in [3.8, 4) is 0 Å². The lowest BCUT2D eigenvalue weighted by Gasteiger charge is -2.10. The van der Waals surface area contributed by atoms with Crippen LogP contribution in [0.4, 0.5) is 4.39 Å². The second-order valence-electron chi connectivity index (χ2n) is 3.87. The molecule has 0 aliphatic heterocycles. The predicted molar refractivity (Wildman–Crippen MR) is 61.8 cm³/mol. The van der Waals surface area contributed by atoms with Crippen molar-refractivity contribution in [2.24, 2.45) is 0 Å². The number of rotatable bonds is 4.